The van der Waals surface area contributed by atoms with Crippen molar-refractivity contribution in [3.05, 3.63) is 106 Å². The smallest absolute Gasteiger partial charge is 0.318 e. The van der Waals surface area contributed by atoms with Gasteiger partial charge >= 0.3 is 6.03 Å². The van der Waals surface area contributed by atoms with Gasteiger partial charge in [-0.15, -0.1) is 11.3 Å². The van der Waals surface area contributed by atoms with Crippen LogP contribution < -0.4 is 5.32 Å². The van der Waals surface area contributed by atoms with Gasteiger partial charge < -0.3 is 14.8 Å². The Morgan fingerprint density at radius 1 is 1.03 bits per heavy atom. The van der Waals surface area contributed by atoms with Crippen LogP contribution in [0.3, 0.4) is 0 Å². The Kier molecular flexibility index (Phi) is 4.68. The number of aromatic nitrogens is 1. The zero-order chi connectivity index (χ0) is 20.7. The number of nitrogens with one attached hydrogen (secondary N) is 1. The lowest BCUT2D eigenvalue weighted by Crippen LogP contribution is -2.37. The van der Waals surface area contributed by atoms with E-state index in [1.807, 2.05) is 43.0 Å². The Labute approximate surface area is 180 Å². The number of rotatable bonds is 2. The van der Waals surface area contributed by atoms with Gasteiger partial charge in [-0.3, -0.25) is 0 Å². The molecule has 4 nitrogen and oxygen atoms in total. The zero-order valence-electron chi connectivity index (χ0n) is 17.0. The summed E-state index contributed by atoms with van der Waals surface area (Å²) in [6, 6.07) is 22.5. The number of carbonyl (C=O) groups excluding carboxylic acids is 1. The van der Waals surface area contributed by atoms with Crippen LogP contribution in [0.15, 0.2) is 78.3 Å². The molecule has 0 bridgehead atoms. The van der Waals surface area contributed by atoms with Crippen LogP contribution in [0.2, 0.25) is 0 Å². The SMILES string of the molecule is Cc1ccc(C)c(NC(=O)N2Cc3ccccc3-n3cccc3C2c2cccs2)c1. The van der Waals surface area contributed by atoms with Crippen molar-refractivity contribution in [2.75, 3.05) is 5.32 Å². The Morgan fingerprint density at radius 2 is 1.90 bits per heavy atom. The van der Waals surface area contributed by atoms with E-state index in [9.17, 15) is 4.79 Å². The molecule has 0 saturated heterocycles. The maximum atomic E-state index is 13.6. The van der Waals surface area contributed by atoms with Gasteiger partial charge in [0, 0.05) is 16.8 Å². The third-order valence-corrected chi connectivity index (χ3v) is 6.60. The van der Waals surface area contributed by atoms with Crippen molar-refractivity contribution >= 4 is 23.1 Å². The molecule has 150 valence electrons. The Morgan fingerprint density at radius 3 is 2.73 bits per heavy atom. The van der Waals surface area contributed by atoms with Crippen molar-refractivity contribution in [1.29, 1.82) is 0 Å². The third-order valence-electron chi connectivity index (χ3n) is 5.67. The first-order chi connectivity index (χ1) is 14.6. The number of anilines is 1. The zero-order valence-corrected chi connectivity index (χ0v) is 17.8. The number of para-hydroxylation sites is 1. The van der Waals surface area contributed by atoms with Crippen LogP contribution in [0.25, 0.3) is 5.69 Å². The van der Waals surface area contributed by atoms with E-state index in [-0.39, 0.29) is 12.1 Å². The number of aryl methyl sites for hydroxylation is 2. The van der Waals surface area contributed by atoms with Crippen LogP contribution in [0.4, 0.5) is 10.5 Å². The van der Waals surface area contributed by atoms with Crippen LogP contribution in [-0.2, 0) is 6.54 Å². The van der Waals surface area contributed by atoms with Crippen molar-refractivity contribution in [2.45, 2.75) is 26.4 Å². The lowest BCUT2D eigenvalue weighted by molar-refractivity contribution is 0.195. The molecule has 2 amide bonds. The van der Waals surface area contributed by atoms with Gasteiger partial charge in [-0.1, -0.05) is 36.4 Å². The molecule has 5 heteroatoms. The molecule has 30 heavy (non-hydrogen) atoms. The van der Waals surface area contributed by atoms with Crippen LogP contribution >= 0.6 is 11.3 Å². The first-order valence-corrected chi connectivity index (χ1v) is 10.9. The Hall–Kier alpha value is -3.31. The molecule has 1 atom stereocenters. The topological polar surface area (TPSA) is 37.3 Å². The molecule has 4 aromatic rings. The number of benzene rings is 2. The van der Waals surface area contributed by atoms with Crippen molar-refractivity contribution in [1.82, 2.24) is 9.47 Å². The molecule has 3 heterocycles. The van der Waals surface area contributed by atoms with Gasteiger partial charge in [0.15, 0.2) is 0 Å². The lowest BCUT2D eigenvalue weighted by atomic mass is 10.1. The van der Waals surface area contributed by atoms with Gasteiger partial charge in [0.1, 0.15) is 6.04 Å². The molecule has 1 N–H and O–H groups in total. The number of urea groups is 1. The molecule has 2 aromatic carbocycles. The molecule has 0 spiro atoms. The minimum atomic E-state index is -0.155. The highest BCUT2D eigenvalue weighted by Crippen LogP contribution is 2.38. The molecule has 0 fully saturated rings. The van der Waals surface area contributed by atoms with Crippen LogP contribution in [-0.4, -0.2) is 15.5 Å². The monoisotopic (exact) mass is 413 g/mol. The average Bonchev–Trinajstić information content (AvgIpc) is 3.42. The number of amides is 2. The van der Waals surface area contributed by atoms with Crippen molar-refractivity contribution in [3.8, 4) is 5.69 Å². The van der Waals surface area contributed by atoms with Gasteiger partial charge in [0.2, 0.25) is 0 Å². The van der Waals surface area contributed by atoms with Crippen LogP contribution in [0, 0.1) is 13.8 Å². The number of nitrogens with zero attached hydrogens (tertiary/aromatic N) is 2. The molecule has 5 rings (SSSR count). The van der Waals surface area contributed by atoms with Crippen molar-refractivity contribution in [3.63, 3.8) is 0 Å². The minimum absolute atomic E-state index is 0.0912. The van der Waals surface area contributed by atoms with Crippen LogP contribution in [0.5, 0.6) is 0 Å². The predicted molar refractivity (Wildman–Crippen MR) is 122 cm³/mol. The van der Waals surface area contributed by atoms with E-state index in [4.69, 9.17) is 0 Å². The van der Waals surface area contributed by atoms with Gasteiger partial charge in [-0.2, -0.15) is 0 Å². The average molecular weight is 414 g/mol. The fourth-order valence-corrected chi connectivity index (χ4v) is 4.99. The van der Waals surface area contributed by atoms with Gasteiger partial charge in [0.25, 0.3) is 0 Å². The lowest BCUT2D eigenvalue weighted by Gasteiger charge is -2.30. The number of carbonyl (C=O) groups is 1. The van der Waals surface area contributed by atoms with Crippen LogP contribution in [0.1, 0.15) is 33.3 Å². The fraction of sp³-hybridized carbons (Fsp3) is 0.160. The highest BCUT2D eigenvalue weighted by atomic mass is 32.1. The molecule has 1 aliphatic rings. The second-order valence-corrected chi connectivity index (χ2v) is 8.71. The number of hydrogen-bond acceptors (Lipinski definition) is 2. The third kappa shape index (κ3) is 3.21. The Balaban J connectivity index is 1.62. The Bertz CT molecular complexity index is 1210. The van der Waals surface area contributed by atoms with Gasteiger partial charge in [-0.05, 0) is 66.2 Å². The first kappa shape index (κ1) is 18.7. The summed E-state index contributed by atoms with van der Waals surface area (Å²) in [5, 5.41) is 5.25. The van der Waals surface area contributed by atoms with E-state index in [0.29, 0.717) is 6.54 Å². The summed E-state index contributed by atoms with van der Waals surface area (Å²) in [4.78, 5) is 16.7. The van der Waals surface area contributed by atoms with Crippen molar-refractivity contribution in [2.24, 2.45) is 0 Å². The largest absolute Gasteiger partial charge is 0.323 e. The molecule has 1 unspecified atom stereocenters. The summed E-state index contributed by atoms with van der Waals surface area (Å²) in [5.41, 5.74) is 6.39. The predicted octanol–water partition coefficient (Wildman–Crippen LogP) is 6.29. The molecule has 0 saturated carbocycles. The van der Waals surface area contributed by atoms with Crippen molar-refractivity contribution < 1.29 is 4.79 Å². The quantitative estimate of drug-likeness (QED) is 0.412. The molecular formula is C25H23N3OS. The van der Waals surface area contributed by atoms with E-state index in [0.717, 1.165) is 38.6 Å². The summed E-state index contributed by atoms with van der Waals surface area (Å²) in [5.74, 6) is 0. The summed E-state index contributed by atoms with van der Waals surface area (Å²) < 4.78 is 2.21. The summed E-state index contributed by atoms with van der Waals surface area (Å²) >= 11 is 1.68. The molecule has 0 aliphatic carbocycles. The van der Waals surface area contributed by atoms with E-state index < -0.39 is 0 Å². The van der Waals surface area contributed by atoms with E-state index in [2.05, 4.69) is 63.9 Å². The highest BCUT2D eigenvalue weighted by molar-refractivity contribution is 7.10. The van der Waals surface area contributed by atoms with Gasteiger partial charge in [-0.25, -0.2) is 4.79 Å². The maximum Gasteiger partial charge on any atom is 0.323 e. The minimum Gasteiger partial charge on any atom is -0.318 e. The summed E-state index contributed by atoms with van der Waals surface area (Å²) in [6.45, 7) is 4.60. The normalized spacial score (nSPS) is 15.3. The standard InChI is InChI=1S/C25H23N3OS/c1-17-11-12-18(2)20(15-17)26-25(29)28-16-19-7-3-4-8-21(19)27-13-5-9-22(27)24(28)23-10-6-14-30-23/h3-15,24H,16H2,1-2H3,(H,26,29). The first-order valence-electron chi connectivity index (χ1n) is 10.1. The molecule has 0 radical (unpaired) electrons. The molecule has 2 aromatic heterocycles. The summed E-state index contributed by atoms with van der Waals surface area (Å²) in [6.07, 6.45) is 2.08. The summed E-state index contributed by atoms with van der Waals surface area (Å²) in [7, 11) is 0. The van der Waals surface area contributed by atoms with E-state index in [1.165, 1.54) is 0 Å². The van der Waals surface area contributed by atoms with E-state index >= 15 is 0 Å². The number of thiophene rings is 1. The second-order valence-electron chi connectivity index (χ2n) is 7.73. The van der Waals surface area contributed by atoms with E-state index in [1.54, 1.807) is 11.3 Å². The van der Waals surface area contributed by atoms with Gasteiger partial charge in [0.05, 0.1) is 17.9 Å². The number of hydrogen-bond donors (Lipinski definition) is 1. The maximum absolute atomic E-state index is 13.6. The molecular weight excluding hydrogens is 390 g/mol. The second kappa shape index (κ2) is 7.50. The molecule has 1 aliphatic heterocycles. The fourth-order valence-electron chi connectivity index (χ4n) is 4.14. The highest BCUT2D eigenvalue weighted by Gasteiger charge is 2.33. The number of fused-ring (bicyclic) bond motifs is 3.